The summed E-state index contributed by atoms with van der Waals surface area (Å²) in [6, 6.07) is 4.16. The zero-order valence-electron chi connectivity index (χ0n) is 12.7. The summed E-state index contributed by atoms with van der Waals surface area (Å²) in [5, 5.41) is 11.7. The van der Waals surface area contributed by atoms with E-state index < -0.39 is 5.82 Å². The molecule has 1 heterocycles. The van der Waals surface area contributed by atoms with Crippen molar-refractivity contribution < 1.29 is 18.7 Å². The molecule has 124 valence electrons. The number of halogens is 1. The van der Waals surface area contributed by atoms with Gasteiger partial charge in [0.05, 0.1) is 19.5 Å². The summed E-state index contributed by atoms with van der Waals surface area (Å²) in [5.74, 6) is -0.451. The molecular weight excluding hydrogens is 341 g/mol. The van der Waals surface area contributed by atoms with Crippen LogP contribution in [0.4, 0.5) is 9.52 Å². The van der Waals surface area contributed by atoms with Gasteiger partial charge < -0.3 is 14.8 Å². The molecule has 0 aliphatic carbocycles. The Kier molecular flexibility index (Phi) is 6.75. The molecule has 23 heavy (non-hydrogen) atoms. The molecule has 0 unspecified atom stereocenters. The SMILES string of the molecule is COCCNc1nnc(SCC(=O)c2ccc(OC)c(F)c2)s1. The predicted octanol–water partition coefficient (Wildman–Crippen LogP) is 2.72. The van der Waals surface area contributed by atoms with E-state index in [1.54, 1.807) is 13.2 Å². The van der Waals surface area contributed by atoms with E-state index in [4.69, 9.17) is 9.47 Å². The third-order valence-corrected chi connectivity index (χ3v) is 4.80. The Morgan fingerprint density at radius 2 is 2.22 bits per heavy atom. The number of ether oxygens (including phenoxy) is 2. The number of carbonyl (C=O) groups is 1. The van der Waals surface area contributed by atoms with Gasteiger partial charge in [0, 0.05) is 19.2 Å². The van der Waals surface area contributed by atoms with Crippen molar-refractivity contribution in [2.75, 3.05) is 38.4 Å². The van der Waals surface area contributed by atoms with Crippen LogP contribution < -0.4 is 10.1 Å². The smallest absolute Gasteiger partial charge is 0.206 e. The Morgan fingerprint density at radius 1 is 1.39 bits per heavy atom. The van der Waals surface area contributed by atoms with E-state index in [-0.39, 0.29) is 17.3 Å². The summed E-state index contributed by atoms with van der Waals surface area (Å²) in [5.41, 5.74) is 0.304. The topological polar surface area (TPSA) is 73.3 Å². The van der Waals surface area contributed by atoms with Crippen LogP contribution in [-0.2, 0) is 4.74 Å². The number of nitrogens with zero attached hydrogens (tertiary/aromatic N) is 2. The van der Waals surface area contributed by atoms with Gasteiger partial charge >= 0.3 is 0 Å². The number of carbonyl (C=O) groups excluding carboxylic acids is 1. The van der Waals surface area contributed by atoms with E-state index in [0.29, 0.717) is 28.2 Å². The van der Waals surface area contributed by atoms with Gasteiger partial charge in [-0.05, 0) is 18.2 Å². The molecule has 1 N–H and O–H groups in total. The summed E-state index contributed by atoms with van der Waals surface area (Å²) in [6.07, 6.45) is 0. The van der Waals surface area contributed by atoms with Crippen LogP contribution in [0, 0.1) is 5.82 Å². The standard InChI is InChI=1S/C14H16FN3O3S2/c1-20-6-5-16-13-17-18-14(23-13)22-8-11(19)9-3-4-12(21-2)10(15)7-9/h3-4,7H,5-6,8H2,1-2H3,(H,16,17). The molecule has 0 aliphatic heterocycles. The van der Waals surface area contributed by atoms with Gasteiger partial charge in [-0.25, -0.2) is 4.39 Å². The fourth-order valence-corrected chi connectivity index (χ4v) is 3.32. The number of rotatable bonds is 9. The Hall–Kier alpha value is -1.71. The molecule has 0 fully saturated rings. The summed E-state index contributed by atoms with van der Waals surface area (Å²) in [4.78, 5) is 12.1. The maximum atomic E-state index is 13.6. The first kappa shape index (κ1) is 17.6. The monoisotopic (exact) mass is 357 g/mol. The minimum Gasteiger partial charge on any atom is -0.494 e. The van der Waals surface area contributed by atoms with Crippen LogP contribution >= 0.6 is 23.1 Å². The van der Waals surface area contributed by atoms with Crippen LogP contribution in [0.2, 0.25) is 0 Å². The molecule has 0 saturated heterocycles. The van der Waals surface area contributed by atoms with Crippen LogP contribution in [-0.4, -0.2) is 49.1 Å². The maximum absolute atomic E-state index is 13.6. The maximum Gasteiger partial charge on any atom is 0.206 e. The number of Topliss-reactive ketones (excluding diaryl/α,β-unsaturated/α-hetero) is 1. The van der Waals surface area contributed by atoms with Gasteiger partial charge in [-0.3, -0.25) is 4.79 Å². The molecule has 2 rings (SSSR count). The van der Waals surface area contributed by atoms with Crippen LogP contribution in [0.5, 0.6) is 5.75 Å². The number of hydrogen-bond donors (Lipinski definition) is 1. The first-order valence-corrected chi connectivity index (χ1v) is 8.50. The van der Waals surface area contributed by atoms with Gasteiger partial charge in [0.2, 0.25) is 5.13 Å². The fourth-order valence-electron chi connectivity index (χ4n) is 1.65. The Labute approximate surface area is 141 Å². The lowest BCUT2D eigenvalue weighted by atomic mass is 10.1. The molecule has 2 aromatic rings. The van der Waals surface area contributed by atoms with Gasteiger partial charge in [0.15, 0.2) is 21.7 Å². The fraction of sp³-hybridized carbons (Fsp3) is 0.357. The van der Waals surface area contributed by atoms with Crippen molar-refractivity contribution in [1.29, 1.82) is 0 Å². The minimum absolute atomic E-state index is 0.116. The molecule has 1 aromatic carbocycles. The lowest BCUT2D eigenvalue weighted by Gasteiger charge is -2.04. The van der Waals surface area contributed by atoms with Crippen molar-refractivity contribution in [2.45, 2.75) is 4.34 Å². The number of thioether (sulfide) groups is 1. The van der Waals surface area contributed by atoms with Crippen LogP contribution in [0.15, 0.2) is 22.5 Å². The van der Waals surface area contributed by atoms with Gasteiger partial charge in [0.1, 0.15) is 0 Å². The van der Waals surface area contributed by atoms with E-state index in [9.17, 15) is 9.18 Å². The van der Waals surface area contributed by atoms with E-state index in [1.807, 2.05) is 0 Å². The highest BCUT2D eigenvalue weighted by Crippen LogP contribution is 2.26. The molecule has 1 aromatic heterocycles. The lowest BCUT2D eigenvalue weighted by Crippen LogP contribution is -2.06. The highest BCUT2D eigenvalue weighted by atomic mass is 32.2. The quantitative estimate of drug-likeness (QED) is 0.420. The summed E-state index contributed by atoms with van der Waals surface area (Å²) < 4.78 is 24.0. The van der Waals surface area contributed by atoms with Gasteiger partial charge in [-0.1, -0.05) is 23.1 Å². The third kappa shape index (κ3) is 5.15. The van der Waals surface area contributed by atoms with E-state index >= 15 is 0 Å². The molecule has 0 atom stereocenters. The van der Waals surface area contributed by atoms with E-state index in [1.165, 1.54) is 42.3 Å². The average molecular weight is 357 g/mol. The number of methoxy groups -OCH3 is 2. The molecule has 0 amide bonds. The highest BCUT2D eigenvalue weighted by molar-refractivity contribution is 8.01. The number of nitrogens with one attached hydrogen (secondary N) is 1. The molecule has 0 bridgehead atoms. The Bertz CT molecular complexity index is 666. The molecule has 6 nitrogen and oxygen atoms in total. The zero-order chi connectivity index (χ0) is 16.7. The first-order valence-electron chi connectivity index (χ1n) is 6.70. The second kappa shape index (κ2) is 8.80. The molecule has 0 spiro atoms. The summed E-state index contributed by atoms with van der Waals surface area (Å²) in [6.45, 7) is 1.21. The van der Waals surface area contributed by atoms with Crippen LogP contribution in [0.25, 0.3) is 0 Å². The zero-order valence-corrected chi connectivity index (χ0v) is 14.3. The number of hydrogen-bond acceptors (Lipinski definition) is 8. The number of anilines is 1. The van der Waals surface area contributed by atoms with Crippen molar-refractivity contribution in [3.05, 3.63) is 29.6 Å². The summed E-state index contributed by atoms with van der Waals surface area (Å²) in [7, 11) is 3.00. The highest BCUT2D eigenvalue weighted by Gasteiger charge is 2.12. The minimum atomic E-state index is -0.552. The second-order valence-corrected chi connectivity index (χ2v) is 6.55. The molecule has 0 saturated carbocycles. The normalized spacial score (nSPS) is 10.6. The van der Waals surface area contributed by atoms with Crippen molar-refractivity contribution in [1.82, 2.24) is 10.2 Å². The van der Waals surface area contributed by atoms with Crippen molar-refractivity contribution in [2.24, 2.45) is 0 Å². The van der Waals surface area contributed by atoms with Gasteiger partial charge in [0.25, 0.3) is 0 Å². The van der Waals surface area contributed by atoms with Gasteiger partial charge in [-0.15, -0.1) is 10.2 Å². The Morgan fingerprint density at radius 3 is 2.91 bits per heavy atom. The first-order chi connectivity index (χ1) is 11.1. The lowest BCUT2D eigenvalue weighted by molar-refractivity contribution is 0.102. The molecule has 0 aliphatic rings. The van der Waals surface area contributed by atoms with Crippen molar-refractivity contribution in [3.8, 4) is 5.75 Å². The number of benzene rings is 1. The number of ketones is 1. The number of aromatic nitrogens is 2. The van der Waals surface area contributed by atoms with Crippen LogP contribution in [0.3, 0.4) is 0 Å². The largest absolute Gasteiger partial charge is 0.494 e. The Balaban J connectivity index is 1.88. The third-order valence-electron chi connectivity index (χ3n) is 2.79. The molecular formula is C14H16FN3O3S2. The van der Waals surface area contributed by atoms with E-state index in [0.717, 1.165) is 0 Å². The molecule has 0 radical (unpaired) electrons. The van der Waals surface area contributed by atoms with Crippen molar-refractivity contribution in [3.63, 3.8) is 0 Å². The van der Waals surface area contributed by atoms with Gasteiger partial charge in [-0.2, -0.15) is 0 Å². The predicted molar refractivity (Wildman–Crippen MR) is 88.3 cm³/mol. The van der Waals surface area contributed by atoms with E-state index in [2.05, 4.69) is 15.5 Å². The van der Waals surface area contributed by atoms with Crippen LogP contribution in [0.1, 0.15) is 10.4 Å². The summed E-state index contributed by atoms with van der Waals surface area (Å²) >= 11 is 2.63. The van der Waals surface area contributed by atoms with Crippen molar-refractivity contribution >= 4 is 34.0 Å². The molecule has 9 heteroatoms. The second-order valence-electron chi connectivity index (χ2n) is 4.35. The average Bonchev–Trinajstić information content (AvgIpc) is 3.00.